The molecule has 1 fully saturated rings. The number of hydrogen-bond acceptors (Lipinski definition) is 4. The van der Waals surface area contributed by atoms with Gasteiger partial charge in [0.05, 0.1) is 12.8 Å². The Balaban J connectivity index is 1.97. The third kappa shape index (κ3) is 3.46. The smallest absolute Gasteiger partial charge is 0.440 e. The van der Waals surface area contributed by atoms with E-state index in [0.717, 1.165) is 24.3 Å². The van der Waals surface area contributed by atoms with Crippen LogP contribution in [0.5, 0.6) is 5.75 Å². The second kappa shape index (κ2) is 7.08. The second-order valence-electron chi connectivity index (χ2n) is 5.98. The topological polar surface area (TPSA) is 87.7 Å². The van der Waals surface area contributed by atoms with Crippen molar-refractivity contribution < 1.29 is 36.7 Å². The van der Waals surface area contributed by atoms with Gasteiger partial charge in [-0.15, -0.1) is 0 Å². The van der Waals surface area contributed by atoms with Gasteiger partial charge in [0, 0.05) is 5.56 Å². The highest BCUT2D eigenvalue weighted by atomic mass is 19.4. The van der Waals surface area contributed by atoms with Gasteiger partial charge in [0.1, 0.15) is 11.6 Å². The van der Waals surface area contributed by atoms with Crippen LogP contribution in [0.1, 0.15) is 10.4 Å². The molecule has 0 aliphatic carbocycles. The molecule has 1 aliphatic rings. The van der Waals surface area contributed by atoms with Crippen molar-refractivity contribution in [3.63, 3.8) is 0 Å². The van der Waals surface area contributed by atoms with Gasteiger partial charge < -0.3 is 10.1 Å². The Morgan fingerprint density at radius 3 is 2.17 bits per heavy atom. The molecule has 7 nitrogen and oxygen atoms in total. The van der Waals surface area contributed by atoms with Crippen molar-refractivity contribution in [2.24, 2.45) is 0 Å². The molecule has 2 aromatic rings. The monoisotopic (exact) mass is 411 g/mol. The minimum atomic E-state index is -5.36. The summed E-state index contributed by atoms with van der Waals surface area (Å²) < 4.78 is 59.4. The molecular formula is C18H13F4N3O4. The van der Waals surface area contributed by atoms with Crippen LogP contribution < -0.4 is 20.3 Å². The summed E-state index contributed by atoms with van der Waals surface area (Å²) in [5.41, 5.74) is -4.18. The zero-order chi connectivity index (χ0) is 21.4. The summed E-state index contributed by atoms with van der Waals surface area (Å²) in [7, 11) is 1.36. The number of rotatable bonds is 4. The molecule has 11 heteroatoms. The van der Waals surface area contributed by atoms with E-state index in [2.05, 4.69) is 0 Å². The van der Waals surface area contributed by atoms with Crippen LogP contribution in [-0.2, 0) is 4.79 Å². The Morgan fingerprint density at radius 2 is 1.66 bits per heavy atom. The largest absolute Gasteiger partial charge is 0.497 e. The number of anilines is 1. The molecule has 0 saturated carbocycles. The van der Waals surface area contributed by atoms with E-state index in [4.69, 9.17) is 4.74 Å². The van der Waals surface area contributed by atoms with E-state index in [-0.39, 0.29) is 16.2 Å². The van der Waals surface area contributed by atoms with Crippen molar-refractivity contribution in [2.75, 3.05) is 12.0 Å². The maximum Gasteiger partial charge on any atom is 0.440 e. The number of alkyl halides is 3. The lowest BCUT2D eigenvalue weighted by Gasteiger charge is -2.29. The number of nitrogens with zero attached hydrogens (tertiary/aromatic N) is 1. The van der Waals surface area contributed by atoms with Crippen molar-refractivity contribution in [3.8, 4) is 5.75 Å². The average Bonchev–Trinajstić information content (AvgIpc) is 2.93. The second-order valence-corrected chi connectivity index (χ2v) is 5.98. The number of amides is 4. The first kappa shape index (κ1) is 20.1. The maximum absolute atomic E-state index is 13.8. The Bertz CT molecular complexity index is 961. The van der Waals surface area contributed by atoms with Gasteiger partial charge in [-0.05, 0) is 48.5 Å². The van der Waals surface area contributed by atoms with Crippen LogP contribution >= 0.6 is 0 Å². The molecule has 4 amide bonds. The van der Waals surface area contributed by atoms with E-state index in [1.54, 1.807) is 0 Å². The van der Waals surface area contributed by atoms with E-state index in [9.17, 15) is 31.9 Å². The van der Waals surface area contributed by atoms with Crippen molar-refractivity contribution in [2.45, 2.75) is 11.8 Å². The molecule has 2 aromatic carbocycles. The van der Waals surface area contributed by atoms with Crippen LogP contribution in [0, 0.1) is 5.82 Å². The molecule has 2 N–H and O–H groups in total. The van der Waals surface area contributed by atoms with E-state index in [1.165, 1.54) is 42.0 Å². The summed E-state index contributed by atoms with van der Waals surface area (Å²) in [6, 6.07) is 7.36. The minimum absolute atomic E-state index is 0.157. The molecule has 0 bridgehead atoms. The predicted molar refractivity (Wildman–Crippen MR) is 91.7 cm³/mol. The van der Waals surface area contributed by atoms with Crippen LogP contribution in [0.15, 0.2) is 48.5 Å². The molecule has 1 heterocycles. The highest BCUT2D eigenvalue weighted by Crippen LogP contribution is 2.36. The zero-order valence-corrected chi connectivity index (χ0v) is 14.7. The van der Waals surface area contributed by atoms with Crippen molar-refractivity contribution in [1.82, 2.24) is 10.6 Å². The molecule has 1 saturated heterocycles. The van der Waals surface area contributed by atoms with Gasteiger partial charge in [0.2, 0.25) is 0 Å². The molecular weight excluding hydrogens is 398 g/mol. The number of carbonyl (C=O) groups excluding carboxylic acids is 3. The Hall–Kier alpha value is -3.63. The molecule has 1 aliphatic heterocycles. The van der Waals surface area contributed by atoms with Crippen LogP contribution in [0.25, 0.3) is 0 Å². The molecule has 0 aromatic heterocycles. The van der Waals surface area contributed by atoms with Gasteiger partial charge in [0.15, 0.2) is 0 Å². The van der Waals surface area contributed by atoms with Crippen LogP contribution in [0.4, 0.5) is 28.0 Å². The lowest BCUT2D eigenvalue weighted by atomic mass is 10.1. The summed E-state index contributed by atoms with van der Waals surface area (Å²) in [6.45, 7) is 0. The number of urea groups is 1. The summed E-state index contributed by atoms with van der Waals surface area (Å²) in [6.07, 6.45) is -5.36. The highest BCUT2D eigenvalue weighted by molar-refractivity contribution is 6.24. The molecule has 3 rings (SSSR count). The van der Waals surface area contributed by atoms with Gasteiger partial charge in [-0.3, -0.25) is 14.9 Å². The normalized spacial score (nSPS) is 19.1. The number of carbonyl (C=O) groups is 3. The van der Waals surface area contributed by atoms with Crippen LogP contribution in [0.3, 0.4) is 0 Å². The van der Waals surface area contributed by atoms with E-state index in [0.29, 0.717) is 5.75 Å². The first-order valence-electron chi connectivity index (χ1n) is 8.04. The van der Waals surface area contributed by atoms with Crippen LogP contribution in [0.2, 0.25) is 0 Å². The Labute approximate surface area is 161 Å². The third-order valence-electron chi connectivity index (χ3n) is 4.18. The highest BCUT2D eigenvalue weighted by Gasteiger charge is 2.69. The quantitative estimate of drug-likeness (QED) is 0.598. The lowest BCUT2D eigenvalue weighted by Crippen LogP contribution is -2.69. The van der Waals surface area contributed by atoms with Gasteiger partial charge in [-0.25, -0.2) is 14.1 Å². The number of benzene rings is 2. The Kier molecular flexibility index (Phi) is 4.91. The van der Waals surface area contributed by atoms with E-state index < -0.39 is 35.5 Å². The maximum atomic E-state index is 13.8. The molecule has 0 spiro atoms. The standard InChI is InChI=1S/C18H13F4N3O4/c1-29-13-8-6-12(7-9-13)25-15(27)17(18(20,21)22,24-16(25)28)23-14(26)10-2-4-11(19)5-3-10/h2-9H,1H3,(H,23,26)(H,24,28)/t17-/m0/s1. The van der Waals surface area contributed by atoms with Gasteiger partial charge in [-0.2, -0.15) is 13.2 Å². The number of hydrogen-bond donors (Lipinski definition) is 2. The predicted octanol–water partition coefficient (Wildman–Crippen LogP) is 2.58. The molecule has 152 valence electrons. The first-order valence-corrected chi connectivity index (χ1v) is 8.04. The van der Waals surface area contributed by atoms with E-state index in [1.807, 2.05) is 0 Å². The van der Waals surface area contributed by atoms with Crippen molar-refractivity contribution in [3.05, 3.63) is 59.9 Å². The summed E-state index contributed by atoms with van der Waals surface area (Å²) in [4.78, 5) is 37.4. The zero-order valence-electron chi connectivity index (χ0n) is 14.7. The molecule has 1 atom stereocenters. The number of imide groups is 1. The van der Waals surface area contributed by atoms with Crippen LogP contribution in [-0.4, -0.2) is 36.8 Å². The summed E-state index contributed by atoms with van der Waals surface area (Å²) in [5, 5.41) is 3.06. The fourth-order valence-corrected chi connectivity index (χ4v) is 2.69. The number of nitrogens with one attached hydrogen (secondary N) is 2. The number of ether oxygens (including phenoxy) is 1. The summed E-state index contributed by atoms with van der Waals surface area (Å²) >= 11 is 0. The first-order chi connectivity index (χ1) is 13.6. The average molecular weight is 411 g/mol. The molecule has 0 radical (unpaired) electrons. The SMILES string of the molecule is COc1ccc(N2C(=O)N[C@](NC(=O)c3ccc(F)cc3)(C(F)(F)F)C2=O)cc1. The van der Waals surface area contributed by atoms with Gasteiger partial charge >= 0.3 is 12.2 Å². The lowest BCUT2D eigenvalue weighted by molar-refractivity contribution is -0.197. The third-order valence-corrected chi connectivity index (χ3v) is 4.18. The number of methoxy groups -OCH3 is 1. The summed E-state index contributed by atoms with van der Waals surface area (Å²) in [5.74, 6) is -3.42. The molecule has 0 unspecified atom stereocenters. The van der Waals surface area contributed by atoms with Crippen molar-refractivity contribution >= 4 is 23.5 Å². The Morgan fingerprint density at radius 1 is 1.07 bits per heavy atom. The fourth-order valence-electron chi connectivity index (χ4n) is 2.69. The van der Waals surface area contributed by atoms with Gasteiger partial charge in [0.25, 0.3) is 17.5 Å². The fraction of sp³-hybridized carbons (Fsp3) is 0.167. The van der Waals surface area contributed by atoms with Crippen molar-refractivity contribution in [1.29, 1.82) is 0 Å². The van der Waals surface area contributed by atoms with Gasteiger partial charge in [-0.1, -0.05) is 0 Å². The van der Waals surface area contributed by atoms with E-state index >= 15 is 0 Å². The number of halogens is 4. The minimum Gasteiger partial charge on any atom is -0.497 e. The molecule has 29 heavy (non-hydrogen) atoms.